The molecule has 0 aromatic heterocycles. The van der Waals surface area contributed by atoms with Gasteiger partial charge in [0.2, 0.25) is 5.91 Å². The molecule has 3 heteroatoms. The van der Waals surface area contributed by atoms with E-state index in [9.17, 15) is 4.79 Å². The molecule has 0 saturated heterocycles. The number of amides is 1. The van der Waals surface area contributed by atoms with Crippen molar-refractivity contribution in [2.24, 2.45) is 0 Å². The first-order valence-corrected chi connectivity index (χ1v) is 6.69. The van der Waals surface area contributed by atoms with E-state index < -0.39 is 0 Å². The molecule has 2 unspecified atom stereocenters. The first-order chi connectivity index (χ1) is 7.72. The van der Waals surface area contributed by atoms with Gasteiger partial charge in [-0.2, -0.15) is 0 Å². The van der Waals surface area contributed by atoms with Crippen LogP contribution in [0.15, 0.2) is 24.3 Å². The lowest BCUT2D eigenvalue weighted by Gasteiger charge is -2.34. The smallest absolute Gasteiger partial charge is 0.235 e. The maximum absolute atomic E-state index is 12.2. The van der Waals surface area contributed by atoms with E-state index in [4.69, 9.17) is 0 Å². The standard InChI is InChI=1S/C13H14BrNO/c14-9-4-3-7-13(8-9)10-5-1-2-6-11(10)15-12(13)16/h1-2,5-6,9H,3-4,7-8H2,(H,15,16). The molecule has 0 radical (unpaired) electrons. The van der Waals surface area contributed by atoms with E-state index in [0.717, 1.165) is 24.9 Å². The number of rotatable bonds is 0. The molecular weight excluding hydrogens is 266 g/mol. The summed E-state index contributed by atoms with van der Waals surface area (Å²) in [5.74, 6) is 0.192. The Balaban J connectivity index is 2.09. The number of carbonyl (C=O) groups excluding carboxylic acids is 1. The zero-order valence-corrected chi connectivity index (χ0v) is 10.6. The first-order valence-electron chi connectivity index (χ1n) is 5.77. The van der Waals surface area contributed by atoms with Crippen LogP contribution in [0.5, 0.6) is 0 Å². The van der Waals surface area contributed by atoms with Gasteiger partial charge in [-0.1, -0.05) is 40.5 Å². The molecule has 1 aliphatic carbocycles. The lowest BCUT2D eigenvalue weighted by molar-refractivity contribution is -0.121. The van der Waals surface area contributed by atoms with Gasteiger partial charge >= 0.3 is 0 Å². The summed E-state index contributed by atoms with van der Waals surface area (Å²) in [6.45, 7) is 0. The third-order valence-electron chi connectivity index (χ3n) is 3.82. The minimum atomic E-state index is -0.261. The maximum Gasteiger partial charge on any atom is 0.235 e. The van der Waals surface area contributed by atoms with E-state index in [-0.39, 0.29) is 11.3 Å². The average molecular weight is 280 g/mol. The highest BCUT2D eigenvalue weighted by Gasteiger charge is 2.48. The van der Waals surface area contributed by atoms with E-state index in [1.165, 1.54) is 12.0 Å². The number of hydrogen-bond acceptors (Lipinski definition) is 1. The molecule has 1 fully saturated rings. The van der Waals surface area contributed by atoms with Gasteiger partial charge in [0.15, 0.2) is 0 Å². The number of benzene rings is 1. The molecule has 1 aromatic rings. The van der Waals surface area contributed by atoms with Gasteiger partial charge in [-0.05, 0) is 30.9 Å². The number of para-hydroxylation sites is 1. The van der Waals surface area contributed by atoms with Crippen LogP contribution in [0.4, 0.5) is 5.69 Å². The molecule has 1 aliphatic heterocycles. The fourth-order valence-electron chi connectivity index (χ4n) is 3.03. The van der Waals surface area contributed by atoms with Gasteiger partial charge in [-0.3, -0.25) is 4.79 Å². The molecule has 16 heavy (non-hydrogen) atoms. The van der Waals surface area contributed by atoms with Gasteiger partial charge in [0.1, 0.15) is 0 Å². The Labute approximate surface area is 104 Å². The monoisotopic (exact) mass is 279 g/mol. The second-order valence-electron chi connectivity index (χ2n) is 4.78. The van der Waals surface area contributed by atoms with Crippen molar-refractivity contribution in [2.45, 2.75) is 35.9 Å². The Morgan fingerprint density at radius 2 is 2.19 bits per heavy atom. The van der Waals surface area contributed by atoms with Crippen molar-refractivity contribution in [3.05, 3.63) is 29.8 Å². The van der Waals surface area contributed by atoms with E-state index in [2.05, 4.69) is 27.3 Å². The lowest BCUT2D eigenvalue weighted by atomic mass is 9.70. The van der Waals surface area contributed by atoms with E-state index in [0.29, 0.717) is 4.83 Å². The Hall–Kier alpha value is -0.830. The van der Waals surface area contributed by atoms with E-state index >= 15 is 0 Å². The molecule has 84 valence electrons. The Kier molecular flexibility index (Phi) is 2.32. The van der Waals surface area contributed by atoms with Crippen LogP contribution >= 0.6 is 15.9 Å². The summed E-state index contributed by atoms with van der Waals surface area (Å²) in [7, 11) is 0. The molecule has 1 amide bonds. The highest BCUT2D eigenvalue weighted by molar-refractivity contribution is 9.09. The molecular formula is C13H14BrNO. The highest BCUT2D eigenvalue weighted by Crippen LogP contribution is 2.48. The van der Waals surface area contributed by atoms with Crippen LogP contribution in [0.3, 0.4) is 0 Å². The average Bonchev–Trinajstić information content (AvgIpc) is 2.53. The van der Waals surface area contributed by atoms with Crippen molar-refractivity contribution in [3.8, 4) is 0 Å². The number of alkyl halides is 1. The number of fused-ring (bicyclic) bond motifs is 2. The number of nitrogens with one attached hydrogen (secondary N) is 1. The predicted octanol–water partition coefficient (Wildman–Crippen LogP) is 3.21. The molecule has 0 bridgehead atoms. The summed E-state index contributed by atoms with van der Waals surface area (Å²) in [6, 6.07) is 8.10. The van der Waals surface area contributed by atoms with Crippen LogP contribution in [-0.4, -0.2) is 10.7 Å². The normalized spacial score (nSPS) is 32.6. The summed E-state index contributed by atoms with van der Waals surface area (Å²) in [5, 5.41) is 3.02. The fraction of sp³-hybridized carbons (Fsp3) is 0.462. The van der Waals surface area contributed by atoms with Crippen LogP contribution in [0, 0.1) is 0 Å². The molecule has 1 saturated carbocycles. The van der Waals surface area contributed by atoms with Crippen LogP contribution in [-0.2, 0) is 10.2 Å². The van der Waals surface area contributed by atoms with E-state index in [1.807, 2.05) is 18.2 Å². The Bertz CT molecular complexity index is 445. The first kappa shape index (κ1) is 10.3. The molecule has 1 heterocycles. The summed E-state index contributed by atoms with van der Waals surface area (Å²) in [5.41, 5.74) is 1.95. The maximum atomic E-state index is 12.2. The van der Waals surface area contributed by atoms with Crippen LogP contribution in [0.1, 0.15) is 31.2 Å². The molecule has 2 aliphatic rings. The minimum Gasteiger partial charge on any atom is -0.325 e. The topological polar surface area (TPSA) is 29.1 Å². The van der Waals surface area contributed by atoms with Crippen LogP contribution in [0.2, 0.25) is 0 Å². The third kappa shape index (κ3) is 1.34. The van der Waals surface area contributed by atoms with Crippen molar-refractivity contribution >= 4 is 27.5 Å². The Morgan fingerprint density at radius 3 is 3.00 bits per heavy atom. The van der Waals surface area contributed by atoms with Gasteiger partial charge in [-0.15, -0.1) is 0 Å². The minimum absolute atomic E-state index is 0.192. The molecule has 1 N–H and O–H groups in total. The van der Waals surface area contributed by atoms with Gasteiger partial charge in [0.05, 0.1) is 5.41 Å². The lowest BCUT2D eigenvalue weighted by Crippen LogP contribution is -2.39. The SMILES string of the molecule is O=C1Nc2ccccc2C12CCCC(Br)C2. The zero-order chi connectivity index (χ0) is 11.2. The summed E-state index contributed by atoms with van der Waals surface area (Å²) >= 11 is 3.67. The second-order valence-corrected chi connectivity index (χ2v) is 6.07. The predicted molar refractivity (Wildman–Crippen MR) is 67.9 cm³/mol. The quantitative estimate of drug-likeness (QED) is 0.726. The largest absolute Gasteiger partial charge is 0.325 e. The van der Waals surface area contributed by atoms with Crippen molar-refractivity contribution in [2.75, 3.05) is 5.32 Å². The van der Waals surface area contributed by atoms with Gasteiger partial charge in [-0.25, -0.2) is 0 Å². The van der Waals surface area contributed by atoms with Crippen LogP contribution < -0.4 is 5.32 Å². The third-order valence-corrected chi connectivity index (χ3v) is 4.60. The summed E-state index contributed by atoms with van der Waals surface area (Å²) in [6.07, 6.45) is 4.21. The van der Waals surface area contributed by atoms with Gasteiger partial charge < -0.3 is 5.32 Å². The number of halogens is 1. The van der Waals surface area contributed by atoms with Crippen molar-refractivity contribution in [1.29, 1.82) is 0 Å². The molecule has 2 atom stereocenters. The number of anilines is 1. The fourth-order valence-corrected chi connectivity index (χ4v) is 3.91. The molecule has 3 rings (SSSR count). The van der Waals surface area contributed by atoms with Crippen LogP contribution in [0.25, 0.3) is 0 Å². The molecule has 2 nitrogen and oxygen atoms in total. The molecule has 1 spiro atoms. The van der Waals surface area contributed by atoms with Crippen molar-refractivity contribution < 1.29 is 4.79 Å². The highest BCUT2D eigenvalue weighted by atomic mass is 79.9. The molecule has 1 aromatic carbocycles. The number of hydrogen-bond donors (Lipinski definition) is 1. The van der Waals surface area contributed by atoms with Crippen molar-refractivity contribution in [1.82, 2.24) is 0 Å². The van der Waals surface area contributed by atoms with E-state index in [1.54, 1.807) is 0 Å². The second kappa shape index (κ2) is 3.59. The summed E-state index contributed by atoms with van der Waals surface area (Å²) in [4.78, 5) is 12.7. The van der Waals surface area contributed by atoms with Crippen molar-refractivity contribution in [3.63, 3.8) is 0 Å². The van der Waals surface area contributed by atoms with Gasteiger partial charge in [0, 0.05) is 10.5 Å². The zero-order valence-electron chi connectivity index (χ0n) is 9.00. The number of carbonyl (C=O) groups is 1. The van der Waals surface area contributed by atoms with Gasteiger partial charge in [0.25, 0.3) is 0 Å². The summed E-state index contributed by atoms with van der Waals surface area (Å²) < 4.78 is 0. The Morgan fingerprint density at radius 1 is 1.38 bits per heavy atom.